The van der Waals surface area contributed by atoms with Crippen molar-refractivity contribution in [1.29, 1.82) is 0 Å². The Kier molecular flexibility index (Phi) is 6.83. The molecular formula is C24H26F3N5O2S. The van der Waals surface area contributed by atoms with Crippen LogP contribution in [0.2, 0.25) is 0 Å². The van der Waals surface area contributed by atoms with Gasteiger partial charge in [-0.05, 0) is 61.9 Å². The fourth-order valence-electron chi connectivity index (χ4n) is 4.25. The summed E-state index contributed by atoms with van der Waals surface area (Å²) in [4.78, 5) is 26.6. The van der Waals surface area contributed by atoms with Gasteiger partial charge < -0.3 is 15.3 Å². The highest BCUT2D eigenvalue weighted by atomic mass is 32.1. The Bertz CT molecular complexity index is 1220. The van der Waals surface area contributed by atoms with E-state index in [0.717, 1.165) is 28.3 Å². The number of alkyl halides is 3. The highest BCUT2D eigenvalue weighted by Crippen LogP contribution is 2.43. The van der Waals surface area contributed by atoms with Crippen molar-refractivity contribution < 1.29 is 23.1 Å². The molecule has 1 amide bonds. The number of anilines is 2. The van der Waals surface area contributed by atoms with E-state index in [0.29, 0.717) is 36.4 Å². The summed E-state index contributed by atoms with van der Waals surface area (Å²) in [6, 6.07) is 6.32. The molecule has 1 aliphatic rings. The molecule has 2 N–H and O–H groups in total. The fourth-order valence-corrected chi connectivity index (χ4v) is 5.30. The molecule has 35 heavy (non-hydrogen) atoms. The lowest BCUT2D eigenvalue weighted by molar-refractivity contribution is -0.141. The van der Waals surface area contributed by atoms with Crippen LogP contribution >= 0.6 is 11.3 Å². The smallest absolute Gasteiger partial charge is 0.383 e. The summed E-state index contributed by atoms with van der Waals surface area (Å²) in [7, 11) is 3.47. The highest BCUT2D eigenvalue weighted by Gasteiger charge is 2.39. The molecule has 11 heteroatoms. The maximum Gasteiger partial charge on any atom is 0.433 e. The third-order valence-corrected chi connectivity index (χ3v) is 7.31. The molecule has 1 saturated carbocycles. The molecule has 1 aromatic carbocycles. The van der Waals surface area contributed by atoms with E-state index in [1.54, 1.807) is 37.3 Å². The maximum absolute atomic E-state index is 13.0. The molecular weight excluding hydrogens is 479 g/mol. The number of hydrogen-bond acceptors (Lipinski definition) is 7. The second-order valence-corrected chi connectivity index (χ2v) is 10.1. The zero-order valence-electron chi connectivity index (χ0n) is 19.6. The summed E-state index contributed by atoms with van der Waals surface area (Å²) < 4.78 is 38.9. The normalized spacial score (nSPS) is 20.5. The van der Waals surface area contributed by atoms with Gasteiger partial charge in [0.25, 0.3) is 0 Å². The quantitative estimate of drug-likeness (QED) is 0.499. The van der Waals surface area contributed by atoms with Gasteiger partial charge in [0.1, 0.15) is 16.3 Å². The Morgan fingerprint density at radius 1 is 1.20 bits per heavy atom. The number of thiazole rings is 1. The Morgan fingerprint density at radius 2 is 1.91 bits per heavy atom. The maximum atomic E-state index is 13.0. The van der Waals surface area contributed by atoms with E-state index >= 15 is 0 Å². The second-order valence-electron chi connectivity index (χ2n) is 9.04. The monoisotopic (exact) mass is 505 g/mol. The van der Waals surface area contributed by atoms with E-state index < -0.39 is 17.5 Å². The van der Waals surface area contributed by atoms with Crippen molar-refractivity contribution in [3.63, 3.8) is 0 Å². The number of aromatic nitrogens is 3. The number of halogens is 3. The molecule has 1 aliphatic carbocycles. The molecule has 0 atom stereocenters. The molecule has 0 aliphatic heterocycles. The van der Waals surface area contributed by atoms with Crippen LogP contribution in [0, 0.1) is 12.8 Å². The van der Waals surface area contributed by atoms with Crippen LogP contribution in [0.4, 0.5) is 24.8 Å². The average molecular weight is 506 g/mol. The summed E-state index contributed by atoms with van der Waals surface area (Å²) in [5.74, 6) is -0.163. The number of hydrogen-bond donors (Lipinski definition) is 2. The molecule has 4 rings (SSSR count). The minimum atomic E-state index is -4.56. The Morgan fingerprint density at radius 3 is 2.57 bits per heavy atom. The summed E-state index contributed by atoms with van der Waals surface area (Å²) >= 11 is 1.37. The van der Waals surface area contributed by atoms with Gasteiger partial charge in [-0.2, -0.15) is 13.2 Å². The van der Waals surface area contributed by atoms with Crippen LogP contribution in [0.15, 0.2) is 36.7 Å². The van der Waals surface area contributed by atoms with Crippen molar-refractivity contribution in [3.05, 3.63) is 52.9 Å². The lowest BCUT2D eigenvalue weighted by Gasteiger charge is -2.34. The van der Waals surface area contributed by atoms with Crippen molar-refractivity contribution in [3.8, 4) is 10.4 Å². The topological polar surface area (TPSA) is 91.2 Å². The molecule has 0 bridgehead atoms. The van der Waals surface area contributed by atoms with E-state index in [4.69, 9.17) is 0 Å². The number of aliphatic hydroxyl groups is 1. The molecule has 2 aromatic heterocycles. The van der Waals surface area contributed by atoms with Gasteiger partial charge >= 0.3 is 6.18 Å². The number of carbonyl (C=O) groups is 1. The van der Waals surface area contributed by atoms with Gasteiger partial charge in [0.15, 0.2) is 0 Å². The molecule has 186 valence electrons. The Balaban J connectivity index is 1.53. The summed E-state index contributed by atoms with van der Waals surface area (Å²) in [5, 5.41) is 14.7. The Labute approximate surface area is 205 Å². The molecule has 3 aromatic rings. The SMILES string of the molecule is Cc1cc(Nc2nccc(C(F)(F)F)n2)cc(-c2cnc(C3(O)CCC(C(=O)N(C)C)CC3)s2)c1. The van der Waals surface area contributed by atoms with Crippen molar-refractivity contribution in [2.24, 2.45) is 5.92 Å². The molecule has 0 spiro atoms. The van der Waals surface area contributed by atoms with Crippen LogP contribution in [0.3, 0.4) is 0 Å². The number of aryl methyl sites for hydroxylation is 1. The van der Waals surface area contributed by atoms with E-state index in [2.05, 4.69) is 20.3 Å². The third-order valence-electron chi connectivity index (χ3n) is 6.07. The summed E-state index contributed by atoms with van der Waals surface area (Å²) in [6.45, 7) is 1.88. The van der Waals surface area contributed by atoms with Crippen LogP contribution in [0.5, 0.6) is 0 Å². The van der Waals surface area contributed by atoms with Crippen LogP contribution in [-0.2, 0) is 16.6 Å². The number of rotatable bonds is 5. The minimum Gasteiger partial charge on any atom is -0.383 e. The zero-order chi connectivity index (χ0) is 25.4. The lowest BCUT2D eigenvalue weighted by Crippen LogP contribution is -2.37. The number of carbonyl (C=O) groups excluding carboxylic acids is 1. The first-order valence-corrected chi connectivity index (χ1v) is 12.0. The number of amides is 1. The first kappa shape index (κ1) is 25.1. The van der Waals surface area contributed by atoms with Gasteiger partial charge in [-0.1, -0.05) is 6.07 Å². The van der Waals surface area contributed by atoms with Crippen molar-refractivity contribution >= 4 is 28.9 Å². The first-order valence-electron chi connectivity index (χ1n) is 11.1. The second kappa shape index (κ2) is 9.54. The van der Waals surface area contributed by atoms with Gasteiger partial charge in [-0.3, -0.25) is 4.79 Å². The first-order chi connectivity index (χ1) is 16.4. The minimum absolute atomic E-state index is 0.0800. The number of nitrogens with zero attached hydrogens (tertiary/aromatic N) is 4. The van der Waals surface area contributed by atoms with Gasteiger partial charge in [0.05, 0.1) is 4.88 Å². The predicted molar refractivity (Wildman–Crippen MR) is 127 cm³/mol. The van der Waals surface area contributed by atoms with Crippen LogP contribution in [0.1, 0.15) is 41.9 Å². The van der Waals surface area contributed by atoms with E-state index in [-0.39, 0.29) is 17.8 Å². The fraction of sp³-hybridized carbons (Fsp3) is 0.417. The summed E-state index contributed by atoms with van der Waals surface area (Å²) in [5.41, 5.74) is 0.126. The van der Waals surface area contributed by atoms with E-state index in [9.17, 15) is 23.1 Å². The van der Waals surface area contributed by atoms with Crippen LogP contribution in [-0.4, -0.2) is 45.0 Å². The summed E-state index contributed by atoms with van der Waals surface area (Å²) in [6.07, 6.45) is 0.292. The molecule has 1 fully saturated rings. The van der Waals surface area contributed by atoms with Gasteiger partial charge in [0.2, 0.25) is 11.9 Å². The van der Waals surface area contributed by atoms with E-state index in [1.165, 1.54) is 11.3 Å². The Hall–Kier alpha value is -3.05. The average Bonchev–Trinajstić information content (AvgIpc) is 3.30. The largest absolute Gasteiger partial charge is 0.433 e. The predicted octanol–water partition coefficient (Wildman–Crippen LogP) is 5.14. The van der Waals surface area contributed by atoms with Crippen LogP contribution < -0.4 is 5.32 Å². The molecule has 0 saturated heterocycles. The molecule has 2 heterocycles. The lowest BCUT2D eigenvalue weighted by atomic mass is 9.78. The van der Waals surface area contributed by atoms with Crippen LogP contribution in [0.25, 0.3) is 10.4 Å². The van der Waals surface area contributed by atoms with Gasteiger partial charge in [0, 0.05) is 38.1 Å². The van der Waals surface area contributed by atoms with Crippen molar-refractivity contribution in [1.82, 2.24) is 19.9 Å². The highest BCUT2D eigenvalue weighted by molar-refractivity contribution is 7.15. The standard InChI is InChI=1S/C24H26F3N5O2S/c1-14-10-16(12-17(11-14)30-22-28-9-6-19(31-22)24(25,26)27)18-13-29-21(35-18)23(34)7-4-15(5-8-23)20(33)32(2)3/h6,9-13,15,34H,4-5,7-8H2,1-3H3,(H,28,30,31). The van der Waals surface area contributed by atoms with Gasteiger partial charge in [-0.15, -0.1) is 11.3 Å². The van der Waals surface area contributed by atoms with Crippen molar-refractivity contribution in [2.45, 2.75) is 44.4 Å². The van der Waals surface area contributed by atoms with Crippen molar-refractivity contribution in [2.75, 3.05) is 19.4 Å². The number of benzene rings is 1. The molecule has 7 nitrogen and oxygen atoms in total. The van der Waals surface area contributed by atoms with E-state index in [1.807, 2.05) is 13.0 Å². The third kappa shape index (κ3) is 5.62. The number of nitrogens with one attached hydrogen (secondary N) is 1. The zero-order valence-corrected chi connectivity index (χ0v) is 20.4. The molecule has 0 radical (unpaired) electrons. The molecule has 0 unspecified atom stereocenters. The van der Waals surface area contributed by atoms with Gasteiger partial charge in [-0.25, -0.2) is 15.0 Å².